The van der Waals surface area contributed by atoms with Crippen LogP contribution in [0.5, 0.6) is 0 Å². The van der Waals surface area contributed by atoms with E-state index in [0.717, 1.165) is 5.56 Å². The Bertz CT molecular complexity index is 1260. The molecule has 0 saturated carbocycles. The molecule has 0 radical (unpaired) electrons. The van der Waals surface area contributed by atoms with E-state index in [1.54, 1.807) is 42.5 Å². The number of nitrogens with one attached hydrogen (secondary N) is 3. The van der Waals surface area contributed by atoms with E-state index < -0.39 is 5.91 Å². The van der Waals surface area contributed by atoms with Gasteiger partial charge in [-0.25, -0.2) is 4.98 Å². The van der Waals surface area contributed by atoms with Gasteiger partial charge >= 0.3 is 0 Å². The van der Waals surface area contributed by atoms with E-state index in [1.807, 2.05) is 6.07 Å². The molecule has 2 aromatic carbocycles. The van der Waals surface area contributed by atoms with Gasteiger partial charge in [-0.2, -0.15) is 5.10 Å². The van der Waals surface area contributed by atoms with Gasteiger partial charge in [-0.3, -0.25) is 19.7 Å². The lowest BCUT2D eigenvalue weighted by Gasteiger charge is -2.07. The fourth-order valence-electron chi connectivity index (χ4n) is 3.12. The van der Waals surface area contributed by atoms with Gasteiger partial charge in [-0.1, -0.05) is 35.9 Å². The molecular weight excluding hydrogens is 430 g/mol. The molecule has 160 valence electrons. The van der Waals surface area contributed by atoms with Crippen molar-refractivity contribution in [3.05, 3.63) is 83.3 Å². The molecule has 0 aliphatic heterocycles. The Morgan fingerprint density at radius 1 is 1.09 bits per heavy atom. The van der Waals surface area contributed by atoms with E-state index in [9.17, 15) is 9.59 Å². The minimum absolute atomic E-state index is 0.173. The van der Waals surface area contributed by atoms with Gasteiger partial charge in [0.2, 0.25) is 5.91 Å². The van der Waals surface area contributed by atoms with Gasteiger partial charge in [-0.15, -0.1) is 0 Å². The number of rotatable bonds is 7. The Morgan fingerprint density at radius 3 is 2.59 bits per heavy atom. The number of carbonyl (C=O) groups excluding carboxylic acids is 2. The SMILES string of the molecule is NC(=O)c1c(-c2ccc(NC(=O)Cc3cccc(Cl)c3)cc2)n[nH]c1Nc1cnccn1. The predicted octanol–water partition coefficient (Wildman–Crippen LogP) is 3.54. The normalized spacial score (nSPS) is 10.5. The summed E-state index contributed by atoms with van der Waals surface area (Å²) >= 11 is 5.96. The smallest absolute Gasteiger partial charge is 0.254 e. The van der Waals surface area contributed by atoms with Gasteiger partial charge in [0.15, 0.2) is 0 Å². The fraction of sp³-hybridized carbons (Fsp3) is 0.0455. The summed E-state index contributed by atoms with van der Waals surface area (Å²) in [5.41, 5.74) is 8.22. The number of carbonyl (C=O) groups is 2. The molecule has 0 spiro atoms. The molecule has 9 nitrogen and oxygen atoms in total. The molecule has 4 aromatic rings. The molecule has 0 aliphatic carbocycles. The monoisotopic (exact) mass is 447 g/mol. The lowest BCUT2D eigenvalue weighted by atomic mass is 10.1. The number of halogens is 1. The minimum atomic E-state index is -0.654. The van der Waals surface area contributed by atoms with Crippen molar-refractivity contribution >= 4 is 40.7 Å². The van der Waals surface area contributed by atoms with Crippen molar-refractivity contribution in [3.63, 3.8) is 0 Å². The Hall–Kier alpha value is -4.24. The lowest BCUT2D eigenvalue weighted by molar-refractivity contribution is -0.115. The van der Waals surface area contributed by atoms with Crippen LogP contribution in [0.15, 0.2) is 67.1 Å². The summed E-state index contributed by atoms with van der Waals surface area (Å²) in [5, 5.41) is 13.4. The van der Waals surface area contributed by atoms with E-state index in [-0.39, 0.29) is 17.9 Å². The number of hydrogen-bond donors (Lipinski definition) is 4. The first-order valence-corrected chi connectivity index (χ1v) is 9.93. The summed E-state index contributed by atoms with van der Waals surface area (Å²) in [4.78, 5) is 32.5. The van der Waals surface area contributed by atoms with E-state index in [4.69, 9.17) is 17.3 Å². The molecule has 0 aliphatic rings. The molecule has 0 atom stereocenters. The number of aromatic amines is 1. The highest BCUT2D eigenvalue weighted by Crippen LogP contribution is 2.28. The van der Waals surface area contributed by atoms with Crippen LogP contribution in [-0.2, 0) is 11.2 Å². The zero-order chi connectivity index (χ0) is 22.5. The van der Waals surface area contributed by atoms with Gasteiger partial charge < -0.3 is 16.4 Å². The minimum Gasteiger partial charge on any atom is -0.365 e. The van der Waals surface area contributed by atoms with E-state index >= 15 is 0 Å². The third kappa shape index (κ3) is 4.90. The van der Waals surface area contributed by atoms with Crippen molar-refractivity contribution < 1.29 is 9.59 Å². The number of benzene rings is 2. The summed E-state index contributed by atoms with van der Waals surface area (Å²) in [7, 11) is 0. The fourth-order valence-corrected chi connectivity index (χ4v) is 3.33. The van der Waals surface area contributed by atoms with Gasteiger partial charge in [0, 0.05) is 28.7 Å². The molecule has 0 fully saturated rings. The van der Waals surface area contributed by atoms with E-state index in [2.05, 4.69) is 30.8 Å². The van der Waals surface area contributed by atoms with Crippen LogP contribution in [0, 0.1) is 0 Å². The van der Waals surface area contributed by atoms with Crippen LogP contribution in [-0.4, -0.2) is 32.0 Å². The average molecular weight is 448 g/mol. The van der Waals surface area contributed by atoms with Crippen LogP contribution in [0.4, 0.5) is 17.3 Å². The Labute approximate surface area is 188 Å². The number of anilines is 3. The van der Waals surface area contributed by atoms with Crippen LogP contribution >= 0.6 is 11.6 Å². The molecule has 2 heterocycles. The molecule has 0 saturated heterocycles. The van der Waals surface area contributed by atoms with E-state index in [1.165, 1.54) is 18.6 Å². The van der Waals surface area contributed by atoms with Crippen LogP contribution in [0.3, 0.4) is 0 Å². The van der Waals surface area contributed by atoms with Crippen molar-refractivity contribution in [1.29, 1.82) is 0 Å². The second-order valence-electron chi connectivity index (χ2n) is 6.83. The summed E-state index contributed by atoms with van der Waals surface area (Å²) in [5.74, 6) is -0.0815. The topological polar surface area (TPSA) is 139 Å². The van der Waals surface area contributed by atoms with Crippen molar-refractivity contribution in [2.45, 2.75) is 6.42 Å². The quantitative estimate of drug-likeness (QED) is 0.341. The van der Waals surface area contributed by atoms with Crippen molar-refractivity contribution in [2.24, 2.45) is 5.73 Å². The van der Waals surface area contributed by atoms with Crippen LogP contribution < -0.4 is 16.4 Å². The zero-order valence-corrected chi connectivity index (χ0v) is 17.4. The first kappa shape index (κ1) is 21.0. The summed E-state index contributed by atoms with van der Waals surface area (Å²) < 4.78 is 0. The maximum absolute atomic E-state index is 12.3. The van der Waals surface area contributed by atoms with Crippen molar-refractivity contribution in [1.82, 2.24) is 20.2 Å². The van der Waals surface area contributed by atoms with Crippen molar-refractivity contribution in [2.75, 3.05) is 10.6 Å². The third-order valence-electron chi connectivity index (χ3n) is 4.52. The van der Waals surface area contributed by atoms with Gasteiger partial charge in [0.05, 0.1) is 12.6 Å². The Kier molecular flexibility index (Phi) is 6.09. The molecule has 2 aromatic heterocycles. The number of hydrogen-bond acceptors (Lipinski definition) is 6. The maximum atomic E-state index is 12.3. The molecule has 0 unspecified atom stereocenters. The number of nitrogens with two attached hydrogens (primary N) is 1. The second kappa shape index (κ2) is 9.27. The third-order valence-corrected chi connectivity index (χ3v) is 4.76. The van der Waals surface area contributed by atoms with Crippen molar-refractivity contribution in [3.8, 4) is 11.3 Å². The average Bonchev–Trinajstić information content (AvgIpc) is 3.19. The first-order valence-electron chi connectivity index (χ1n) is 9.55. The standard InChI is InChI=1S/C22H18ClN7O2/c23-15-3-1-2-13(10-15)11-18(31)27-16-6-4-14(5-7-16)20-19(21(24)32)22(30-29-20)28-17-12-25-8-9-26-17/h1-10,12H,11H2,(H2,24,32)(H,27,31)(H2,26,28,29,30). The molecule has 5 N–H and O–H groups in total. The summed E-state index contributed by atoms with van der Waals surface area (Å²) in [6.07, 6.45) is 4.76. The molecule has 10 heteroatoms. The zero-order valence-electron chi connectivity index (χ0n) is 16.7. The number of H-pyrrole nitrogens is 1. The first-order chi connectivity index (χ1) is 15.5. The Morgan fingerprint density at radius 2 is 1.91 bits per heavy atom. The van der Waals surface area contributed by atoms with Gasteiger partial charge in [0.25, 0.3) is 5.91 Å². The lowest BCUT2D eigenvalue weighted by Crippen LogP contribution is -2.14. The molecule has 4 rings (SSSR count). The highest BCUT2D eigenvalue weighted by molar-refractivity contribution is 6.30. The van der Waals surface area contributed by atoms with E-state index in [0.29, 0.717) is 33.6 Å². The van der Waals surface area contributed by atoms with Gasteiger partial charge in [0.1, 0.15) is 22.9 Å². The number of aromatic nitrogens is 4. The molecule has 32 heavy (non-hydrogen) atoms. The molecule has 0 bridgehead atoms. The summed E-state index contributed by atoms with van der Waals surface area (Å²) in [6.45, 7) is 0. The molecular formula is C22H18ClN7O2. The maximum Gasteiger partial charge on any atom is 0.254 e. The second-order valence-corrected chi connectivity index (χ2v) is 7.27. The largest absolute Gasteiger partial charge is 0.365 e. The number of amides is 2. The Balaban J connectivity index is 1.50. The summed E-state index contributed by atoms with van der Waals surface area (Å²) in [6, 6.07) is 14.1. The number of primary amides is 1. The molecule has 2 amide bonds. The highest BCUT2D eigenvalue weighted by atomic mass is 35.5. The predicted molar refractivity (Wildman–Crippen MR) is 122 cm³/mol. The number of nitrogens with zero attached hydrogens (tertiary/aromatic N) is 3. The van der Waals surface area contributed by atoms with Crippen LogP contribution in [0.25, 0.3) is 11.3 Å². The van der Waals surface area contributed by atoms with Crippen LogP contribution in [0.2, 0.25) is 5.02 Å². The van der Waals surface area contributed by atoms with Gasteiger partial charge in [-0.05, 0) is 29.8 Å². The highest BCUT2D eigenvalue weighted by Gasteiger charge is 2.20. The van der Waals surface area contributed by atoms with Crippen LogP contribution in [0.1, 0.15) is 15.9 Å².